The monoisotopic (exact) mass is 354 g/mol. The number of carbonyl (C=O) groups is 4. The third-order valence-electron chi connectivity index (χ3n) is 2.73. The van der Waals surface area contributed by atoms with Crippen molar-refractivity contribution in [2.45, 2.75) is 0 Å². The Labute approximate surface area is 163 Å². The van der Waals surface area contributed by atoms with Crippen molar-refractivity contribution >= 4 is 23.9 Å². The van der Waals surface area contributed by atoms with Crippen LogP contribution in [0.3, 0.4) is 0 Å². The van der Waals surface area contributed by atoms with Gasteiger partial charge in [0.25, 0.3) is 0 Å². The molecule has 124 valence electrons. The van der Waals surface area contributed by atoms with E-state index in [-0.39, 0.29) is 51.8 Å². The maximum absolute atomic E-state index is 10.5. The summed E-state index contributed by atoms with van der Waals surface area (Å²) in [5.41, 5.74) is -0.568. The molecule has 0 aliphatic rings. The van der Waals surface area contributed by atoms with Crippen LogP contribution in [0, 0.1) is 0 Å². The fourth-order valence-corrected chi connectivity index (χ4v) is 1.64. The number of rotatable bonds is 4. The van der Waals surface area contributed by atoms with Crippen LogP contribution in [0.4, 0.5) is 0 Å². The molecule has 0 aliphatic carbocycles. The molecule has 0 amide bonds. The molecule has 0 atom stereocenters. The van der Waals surface area contributed by atoms with Gasteiger partial charge >= 0.3 is 47.5 Å². The number of hydrogen-bond donors (Lipinski definition) is 3. The summed E-state index contributed by atoms with van der Waals surface area (Å²) in [5.74, 6) is -4.99. The molecule has 25 heavy (non-hydrogen) atoms. The molecule has 0 radical (unpaired) electrons. The van der Waals surface area contributed by atoms with Crippen LogP contribution < -0.4 is 34.7 Å². The number of benzene rings is 2. The van der Waals surface area contributed by atoms with E-state index in [2.05, 4.69) is 0 Å². The molecule has 0 aromatic heterocycles. The first-order chi connectivity index (χ1) is 11.2. The first-order valence-electron chi connectivity index (χ1n) is 6.34. The van der Waals surface area contributed by atoms with Crippen LogP contribution in [-0.4, -0.2) is 39.2 Å². The molecule has 0 unspecified atom stereocenters. The number of hydrogen-bond acceptors (Lipinski definition) is 5. The molecule has 9 heteroatoms. The van der Waals surface area contributed by atoms with Gasteiger partial charge in [0.2, 0.25) is 0 Å². The average Bonchev–Trinajstić information content (AvgIpc) is 2.55. The van der Waals surface area contributed by atoms with Gasteiger partial charge in [-0.25, -0.2) is 14.4 Å². The molecule has 2 aromatic rings. The molecule has 2 aromatic carbocycles. The number of aromatic carboxylic acids is 4. The molecule has 8 nitrogen and oxygen atoms in total. The topological polar surface area (TPSA) is 152 Å². The Kier molecular flexibility index (Phi) is 9.14. The molecule has 0 aliphatic heterocycles. The van der Waals surface area contributed by atoms with Gasteiger partial charge in [-0.05, 0) is 29.8 Å². The van der Waals surface area contributed by atoms with Crippen LogP contribution in [0.5, 0.6) is 0 Å². The standard InChI is InChI=1S/2C8H6O4.Na/c9-7(10)5-2-1-3-6(4-5)8(11)12;9-7(10)5-3-1-2-4-6(5)8(11)12;/h2*1-4H,(H,9,10)(H,11,12);/q;;+1/p-1. The summed E-state index contributed by atoms with van der Waals surface area (Å²) in [6, 6.07) is 10.5. The summed E-state index contributed by atoms with van der Waals surface area (Å²) in [4.78, 5) is 41.6. The van der Waals surface area contributed by atoms with Crippen molar-refractivity contribution in [1.82, 2.24) is 0 Å². The Morgan fingerprint density at radius 1 is 0.680 bits per heavy atom. The van der Waals surface area contributed by atoms with E-state index in [1.807, 2.05) is 0 Å². The minimum Gasteiger partial charge on any atom is -0.545 e. The Hall–Kier alpha value is -2.68. The van der Waals surface area contributed by atoms with Crippen molar-refractivity contribution in [3.05, 3.63) is 70.8 Å². The minimum absolute atomic E-state index is 0. The van der Waals surface area contributed by atoms with E-state index in [0.717, 1.165) is 6.07 Å². The first kappa shape index (κ1) is 22.3. The normalized spacial score (nSPS) is 8.96. The van der Waals surface area contributed by atoms with Gasteiger partial charge in [-0.1, -0.05) is 24.3 Å². The van der Waals surface area contributed by atoms with E-state index in [0.29, 0.717) is 0 Å². The Balaban J connectivity index is 0.000000443. The molecule has 0 saturated carbocycles. The second-order valence-corrected chi connectivity index (χ2v) is 4.33. The minimum atomic E-state index is -1.38. The second kappa shape index (κ2) is 10.2. The Bertz CT molecular complexity index is 738. The van der Waals surface area contributed by atoms with Crippen LogP contribution in [0.25, 0.3) is 0 Å². The first-order valence-corrected chi connectivity index (χ1v) is 6.34. The fourth-order valence-electron chi connectivity index (χ4n) is 1.64. The maximum atomic E-state index is 10.5. The van der Waals surface area contributed by atoms with E-state index >= 15 is 0 Å². The van der Waals surface area contributed by atoms with Crippen molar-refractivity contribution in [2.75, 3.05) is 0 Å². The SMILES string of the molecule is O=C(O)c1ccccc1C(=O)O.O=C([O-])c1cccc(C(=O)O)c1.[Na+]. The average molecular weight is 354 g/mol. The van der Waals surface area contributed by atoms with Crippen LogP contribution >= 0.6 is 0 Å². The van der Waals surface area contributed by atoms with Crippen molar-refractivity contribution in [3.8, 4) is 0 Å². The van der Waals surface area contributed by atoms with Gasteiger partial charge in [0, 0.05) is 0 Å². The predicted molar refractivity (Wildman–Crippen MR) is 78.1 cm³/mol. The van der Waals surface area contributed by atoms with Gasteiger partial charge in [-0.3, -0.25) is 0 Å². The largest absolute Gasteiger partial charge is 1.00 e. The van der Waals surface area contributed by atoms with Gasteiger partial charge < -0.3 is 25.2 Å². The third kappa shape index (κ3) is 6.76. The van der Waals surface area contributed by atoms with Crippen molar-refractivity contribution < 1.29 is 69.2 Å². The summed E-state index contributed by atoms with van der Waals surface area (Å²) < 4.78 is 0. The maximum Gasteiger partial charge on any atom is 1.00 e. The molecule has 2 rings (SSSR count). The zero-order chi connectivity index (χ0) is 18.3. The number of carbonyl (C=O) groups excluding carboxylic acids is 1. The molecular formula is C16H11NaO8. The van der Waals surface area contributed by atoms with Crippen molar-refractivity contribution in [2.24, 2.45) is 0 Å². The van der Waals surface area contributed by atoms with Crippen molar-refractivity contribution in [1.29, 1.82) is 0 Å². The summed E-state index contributed by atoms with van der Waals surface area (Å²) in [6.45, 7) is 0. The van der Waals surface area contributed by atoms with E-state index in [1.165, 1.54) is 42.5 Å². The van der Waals surface area contributed by atoms with Gasteiger partial charge in [-0.2, -0.15) is 0 Å². The summed E-state index contributed by atoms with van der Waals surface area (Å²) in [7, 11) is 0. The number of carboxylic acid groups (broad SMARTS) is 4. The van der Waals surface area contributed by atoms with Gasteiger partial charge in [0.05, 0.1) is 22.7 Å². The molecular weight excluding hydrogens is 343 g/mol. The zero-order valence-electron chi connectivity index (χ0n) is 13.0. The quantitative estimate of drug-likeness (QED) is 0.525. The molecule has 0 bridgehead atoms. The second-order valence-electron chi connectivity index (χ2n) is 4.33. The predicted octanol–water partition coefficient (Wildman–Crippen LogP) is -2.16. The van der Waals surface area contributed by atoms with Crippen LogP contribution in [0.2, 0.25) is 0 Å². The molecule has 0 saturated heterocycles. The van der Waals surface area contributed by atoms with Crippen LogP contribution in [-0.2, 0) is 0 Å². The van der Waals surface area contributed by atoms with Crippen LogP contribution in [0.15, 0.2) is 48.5 Å². The third-order valence-corrected chi connectivity index (χ3v) is 2.73. The molecule has 0 fully saturated rings. The van der Waals surface area contributed by atoms with E-state index in [1.54, 1.807) is 0 Å². The molecule has 0 spiro atoms. The van der Waals surface area contributed by atoms with Crippen LogP contribution in [0.1, 0.15) is 41.4 Å². The molecule has 3 N–H and O–H groups in total. The summed E-state index contributed by atoms with van der Waals surface area (Å²) in [5, 5.41) is 35.9. The summed E-state index contributed by atoms with van der Waals surface area (Å²) >= 11 is 0. The number of carboxylic acids is 4. The fraction of sp³-hybridized carbons (Fsp3) is 0. The van der Waals surface area contributed by atoms with E-state index in [4.69, 9.17) is 15.3 Å². The van der Waals surface area contributed by atoms with Crippen molar-refractivity contribution in [3.63, 3.8) is 0 Å². The Morgan fingerprint density at radius 3 is 1.48 bits per heavy atom. The van der Waals surface area contributed by atoms with Gasteiger partial charge in [0.15, 0.2) is 0 Å². The van der Waals surface area contributed by atoms with E-state index in [9.17, 15) is 24.3 Å². The van der Waals surface area contributed by atoms with Gasteiger partial charge in [0.1, 0.15) is 0 Å². The molecule has 0 heterocycles. The van der Waals surface area contributed by atoms with Gasteiger partial charge in [-0.15, -0.1) is 0 Å². The van der Waals surface area contributed by atoms with E-state index < -0.39 is 23.9 Å². The zero-order valence-corrected chi connectivity index (χ0v) is 15.0. The summed E-state index contributed by atoms with van der Waals surface area (Å²) in [6.07, 6.45) is 0. The smallest absolute Gasteiger partial charge is 0.545 e. The Morgan fingerprint density at radius 2 is 1.12 bits per heavy atom.